The Morgan fingerprint density at radius 1 is 1.37 bits per heavy atom. The van der Waals surface area contributed by atoms with Crippen LogP contribution < -0.4 is 10.0 Å². The fourth-order valence-electron chi connectivity index (χ4n) is 3.10. The van der Waals surface area contributed by atoms with Crippen LogP contribution in [0, 0.1) is 0 Å². The molecule has 148 valence electrons. The predicted octanol–water partition coefficient (Wildman–Crippen LogP) is 1.53. The van der Waals surface area contributed by atoms with E-state index in [0.29, 0.717) is 22.8 Å². The number of hydrogen-bond acceptors (Lipinski definition) is 7. The summed E-state index contributed by atoms with van der Waals surface area (Å²) in [5.41, 5.74) is 0.863. The molecule has 1 unspecified atom stereocenters. The van der Waals surface area contributed by atoms with Crippen molar-refractivity contribution in [3.8, 4) is 11.5 Å². The van der Waals surface area contributed by atoms with Gasteiger partial charge in [-0.3, -0.25) is 4.90 Å². The van der Waals surface area contributed by atoms with Crippen molar-refractivity contribution in [2.24, 2.45) is 0 Å². The van der Waals surface area contributed by atoms with Crippen molar-refractivity contribution in [1.29, 1.82) is 0 Å². The van der Waals surface area contributed by atoms with E-state index >= 15 is 0 Å². The van der Waals surface area contributed by atoms with Crippen molar-refractivity contribution in [2.75, 3.05) is 26.7 Å². The monoisotopic (exact) mass is 393 g/mol. The van der Waals surface area contributed by atoms with Gasteiger partial charge in [0.05, 0.1) is 11.8 Å². The highest BCUT2D eigenvalue weighted by Crippen LogP contribution is 2.24. The first-order valence-electron chi connectivity index (χ1n) is 8.98. The van der Waals surface area contributed by atoms with Crippen LogP contribution in [0.5, 0.6) is 0 Å². The quantitative estimate of drug-likeness (QED) is 0.794. The molecule has 1 aromatic heterocycles. The fraction of sp³-hybridized carbons (Fsp3) is 0.556. The van der Waals surface area contributed by atoms with E-state index in [2.05, 4.69) is 25.1 Å². The van der Waals surface area contributed by atoms with E-state index in [0.717, 1.165) is 19.6 Å². The number of nitrogens with one attached hydrogen (secondary N) is 2. The second-order valence-corrected chi connectivity index (χ2v) is 9.69. The lowest BCUT2D eigenvalue weighted by molar-refractivity contribution is 0.190. The molecule has 2 aromatic rings. The Balaban J connectivity index is 1.78. The van der Waals surface area contributed by atoms with Gasteiger partial charge in [0, 0.05) is 30.7 Å². The maximum absolute atomic E-state index is 12.3. The summed E-state index contributed by atoms with van der Waals surface area (Å²) >= 11 is 0. The molecule has 27 heavy (non-hydrogen) atoms. The lowest BCUT2D eigenvalue weighted by Gasteiger charge is -2.30. The zero-order valence-corrected chi connectivity index (χ0v) is 17.0. The Hall–Kier alpha value is -1.81. The average molecular weight is 394 g/mol. The van der Waals surface area contributed by atoms with Crippen molar-refractivity contribution < 1.29 is 12.9 Å². The van der Waals surface area contributed by atoms with Crippen LogP contribution in [0.4, 0.5) is 0 Å². The summed E-state index contributed by atoms with van der Waals surface area (Å²) < 4.78 is 32.8. The molecule has 1 aromatic carbocycles. The van der Waals surface area contributed by atoms with Crippen molar-refractivity contribution >= 4 is 10.0 Å². The second kappa shape index (κ2) is 7.67. The molecular weight excluding hydrogens is 366 g/mol. The van der Waals surface area contributed by atoms with Gasteiger partial charge in [0.1, 0.15) is 0 Å². The van der Waals surface area contributed by atoms with Crippen molar-refractivity contribution in [1.82, 2.24) is 25.1 Å². The number of piperazine rings is 1. The van der Waals surface area contributed by atoms with Gasteiger partial charge in [-0.1, -0.05) is 17.3 Å². The smallest absolute Gasteiger partial charge is 0.257 e. The zero-order valence-electron chi connectivity index (χ0n) is 16.2. The topological polar surface area (TPSA) is 100 Å². The summed E-state index contributed by atoms with van der Waals surface area (Å²) in [6, 6.07) is 7.27. The summed E-state index contributed by atoms with van der Waals surface area (Å²) in [5.74, 6) is 0.924. The van der Waals surface area contributed by atoms with Crippen molar-refractivity contribution in [3.05, 3.63) is 35.7 Å². The lowest BCUT2D eigenvalue weighted by atomic mass is 10.1. The van der Waals surface area contributed by atoms with Gasteiger partial charge in [0.2, 0.25) is 10.0 Å². The van der Waals surface area contributed by atoms with Gasteiger partial charge in [-0.25, -0.2) is 13.1 Å². The van der Waals surface area contributed by atoms with Crippen molar-refractivity contribution in [3.63, 3.8) is 0 Å². The third-order valence-electron chi connectivity index (χ3n) is 4.24. The molecule has 0 bridgehead atoms. The van der Waals surface area contributed by atoms with Gasteiger partial charge in [0.15, 0.2) is 5.82 Å². The molecule has 2 heterocycles. The average Bonchev–Trinajstić information content (AvgIpc) is 3.02. The minimum absolute atomic E-state index is 0.0656. The largest absolute Gasteiger partial charge is 0.334 e. The molecular formula is C18H27N5O3S. The van der Waals surface area contributed by atoms with E-state index in [1.165, 1.54) is 0 Å². The molecule has 1 saturated heterocycles. The first-order chi connectivity index (χ1) is 12.6. The van der Waals surface area contributed by atoms with Crippen LogP contribution >= 0.6 is 0 Å². The van der Waals surface area contributed by atoms with E-state index in [1.54, 1.807) is 18.2 Å². The highest BCUT2D eigenvalue weighted by Gasteiger charge is 2.26. The van der Waals surface area contributed by atoms with Crippen LogP contribution in [0.25, 0.3) is 11.5 Å². The zero-order chi connectivity index (χ0) is 19.7. The normalized spacial score (nSPS) is 19.3. The molecule has 0 radical (unpaired) electrons. The van der Waals surface area contributed by atoms with Crippen molar-refractivity contribution in [2.45, 2.75) is 38.1 Å². The maximum Gasteiger partial charge on any atom is 0.257 e. The molecule has 9 heteroatoms. The van der Waals surface area contributed by atoms with E-state index in [1.807, 2.05) is 33.9 Å². The molecule has 8 nitrogen and oxygen atoms in total. The van der Waals surface area contributed by atoms with Gasteiger partial charge >= 0.3 is 0 Å². The fourth-order valence-corrected chi connectivity index (χ4v) is 4.72. The van der Waals surface area contributed by atoms with Crippen LogP contribution in [0.3, 0.4) is 0 Å². The predicted molar refractivity (Wildman–Crippen MR) is 103 cm³/mol. The van der Waals surface area contributed by atoms with Gasteiger partial charge < -0.3 is 9.84 Å². The molecule has 2 N–H and O–H groups in total. The number of hydrogen-bond donors (Lipinski definition) is 2. The Bertz CT molecular complexity index is 888. The maximum atomic E-state index is 12.3. The lowest BCUT2D eigenvalue weighted by Crippen LogP contribution is -2.44. The Kier molecular flexibility index (Phi) is 5.66. The summed E-state index contributed by atoms with van der Waals surface area (Å²) in [5, 5.41) is 7.45. The minimum Gasteiger partial charge on any atom is -0.334 e. The third-order valence-corrected chi connectivity index (χ3v) is 5.88. The Labute approximate surface area is 160 Å². The SMILES string of the molecule is CN1CCNCC1c1noc(-c2cccc(CS(=O)(=O)NC(C)(C)C)c2)n1. The number of rotatable bonds is 5. The number of benzene rings is 1. The van der Waals surface area contributed by atoms with Gasteiger partial charge in [0.25, 0.3) is 5.89 Å². The molecule has 0 spiro atoms. The van der Waals surface area contributed by atoms with Crippen LogP contribution in [0.15, 0.2) is 28.8 Å². The highest BCUT2D eigenvalue weighted by atomic mass is 32.2. The van der Waals surface area contributed by atoms with E-state index in [4.69, 9.17) is 4.52 Å². The number of aromatic nitrogens is 2. The molecule has 0 aliphatic carbocycles. The standard InChI is InChI=1S/C18H27N5O3S/c1-18(2,3)22-27(24,25)12-13-6-5-7-14(10-13)17-20-16(21-26-17)15-11-19-8-9-23(15)4/h5-7,10,15,19,22H,8-9,11-12H2,1-4H3. The minimum atomic E-state index is -3.44. The molecule has 1 aliphatic heterocycles. The highest BCUT2D eigenvalue weighted by molar-refractivity contribution is 7.88. The number of nitrogens with zero attached hydrogens (tertiary/aromatic N) is 3. The summed E-state index contributed by atoms with van der Waals surface area (Å²) in [7, 11) is -1.41. The van der Waals surface area contributed by atoms with Crippen LogP contribution in [-0.4, -0.2) is 55.7 Å². The number of likely N-dealkylation sites (N-methyl/N-ethyl adjacent to an activating group) is 1. The summed E-state index contributed by atoms with van der Waals surface area (Å²) in [4.78, 5) is 6.71. The van der Waals surface area contributed by atoms with Gasteiger partial charge in [-0.05, 0) is 45.5 Å². The van der Waals surface area contributed by atoms with Gasteiger partial charge in [-0.15, -0.1) is 0 Å². The Morgan fingerprint density at radius 3 is 2.85 bits per heavy atom. The molecule has 0 saturated carbocycles. The van der Waals surface area contributed by atoms with E-state index in [9.17, 15) is 8.42 Å². The first kappa shape index (κ1) is 19.9. The van der Waals surface area contributed by atoms with Crippen LogP contribution in [-0.2, 0) is 15.8 Å². The second-order valence-electron chi connectivity index (χ2n) is 7.97. The molecule has 1 fully saturated rings. The Morgan fingerprint density at radius 2 is 2.15 bits per heavy atom. The summed E-state index contributed by atoms with van der Waals surface area (Å²) in [6.45, 7) is 8.08. The molecule has 0 amide bonds. The van der Waals surface area contributed by atoms with Crippen LogP contribution in [0.2, 0.25) is 0 Å². The van der Waals surface area contributed by atoms with Gasteiger partial charge in [-0.2, -0.15) is 4.98 Å². The molecule has 1 atom stereocenters. The summed E-state index contributed by atoms with van der Waals surface area (Å²) in [6.07, 6.45) is 0. The van der Waals surface area contributed by atoms with E-state index in [-0.39, 0.29) is 11.8 Å². The van der Waals surface area contributed by atoms with Crippen LogP contribution in [0.1, 0.15) is 38.2 Å². The van der Waals surface area contributed by atoms with E-state index < -0.39 is 15.6 Å². The number of sulfonamides is 1. The first-order valence-corrected chi connectivity index (χ1v) is 10.6. The molecule has 1 aliphatic rings. The third kappa shape index (κ3) is 5.35. The molecule has 3 rings (SSSR count).